The van der Waals surface area contributed by atoms with Crippen LogP contribution in [-0.4, -0.2) is 22.9 Å². The summed E-state index contributed by atoms with van der Waals surface area (Å²) in [5.74, 6) is 0.130. The molecule has 4 nitrogen and oxygen atoms in total. The van der Waals surface area contributed by atoms with Gasteiger partial charge in [0, 0.05) is 12.2 Å². The van der Waals surface area contributed by atoms with Crippen LogP contribution in [0.4, 0.5) is 10.5 Å². The number of benzene rings is 1. The van der Waals surface area contributed by atoms with E-state index < -0.39 is 6.09 Å². The highest BCUT2D eigenvalue weighted by molar-refractivity contribution is 5.85. The van der Waals surface area contributed by atoms with Gasteiger partial charge in [0.1, 0.15) is 5.75 Å². The molecule has 0 fully saturated rings. The van der Waals surface area contributed by atoms with Gasteiger partial charge in [0.2, 0.25) is 0 Å². The van der Waals surface area contributed by atoms with Crippen LogP contribution in [0, 0.1) is 0 Å². The third-order valence-electron chi connectivity index (χ3n) is 1.71. The van der Waals surface area contributed by atoms with Gasteiger partial charge in [0.25, 0.3) is 0 Å². The average molecular weight is 181 g/mol. The third-order valence-corrected chi connectivity index (χ3v) is 1.71. The molecule has 1 rings (SSSR count). The van der Waals surface area contributed by atoms with Crippen LogP contribution in [0.3, 0.4) is 0 Å². The first-order valence-corrected chi connectivity index (χ1v) is 3.94. The lowest BCUT2D eigenvalue weighted by Gasteiger charge is -2.16. The maximum absolute atomic E-state index is 10.7. The van der Waals surface area contributed by atoms with E-state index in [4.69, 9.17) is 10.2 Å². The molecule has 0 aliphatic heterocycles. The van der Waals surface area contributed by atoms with Crippen molar-refractivity contribution in [2.45, 2.75) is 6.92 Å². The molecule has 0 unspecified atom stereocenters. The van der Waals surface area contributed by atoms with Crippen molar-refractivity contribution in [2.24, 2.45) is 0 Å². The molecule has 0 spiro atoms. The topological polar surface area (TPSA) is 60.8 Å². The van der Waals surface area contributed by atoms with Gasteiger partial charge in [-0.25, -0.2) is 4.79 Å². The Morgan fingerprint density at radius 2 is 1.92 bits per heavy atom. The Morgan fingerprint density at radius 3 is 2.31 bits per heavy atom. The molecule has 0 aliphatic rings. The lowest BCUT2D eigenvalue weighted by Crippen LogP contribution is -2.28. The quantitative estimate of drug-likeness (QED) is 0.732. The van der Waals surface area contributed by atoms with Gasteiger partial charge in [0.05, 0.1) is 0 Å². The predicted octanol–water partition coefficient (Wildman–Crippen LogP) is 1.90. The van der Waals surface area contributed by atoms with Crippen LogP contribution in [0.5, 0.6) is 5.75 Å². The average Bonchev–Trinajstić information content (AvgIpc) is 2.09. The Labute approximate surface area is 76.0 Å². The second-order valence-electron chi connectivity index (χ2n) is 2.54. The summed E-state index contributed by atoms with van der Waals surface area (Å²) in [6.45, 7) is 2.14. The Morgan fingerprint density at radius 1 is 1.38 bits per heavy atom. The number of phenols is 1. The number of rotatable bonds is 2. The van der Waals surface area contributed by atoms with E-state index in [2.05, 4.69) is 0 Å². The van der Waals surface area contributed by atoms with Gasteiger partial charge in [-0.15, -0.1) is 0 Å². The minimum Gasteiger partial charge on any atom is -0.508 e. The second kappa shape index (κ2) is 3.80. The van der Waals surface area contributed by atoms with Gasteiger partial charge in [0.15, 0.2) is 0 Å². The van der Waals surface area contributed by atoms with Crippen LogP contribution in [0.25, 0.3) is 0 Å². The van der Waals surface area contributed by atoms with Crippen molar-refractivity contribution in [2.75, 3.05) is 11.4 Å². The van der Waals surface area contributed by atoms with Crippen molar-refractivity contribution in [3.05, 3.63) is 24.3 Å². The molecular formula is C9H11NO3. The summed E-state index contributed by atoms with van der Waals surface area (Å²) in [7, 11) is 0. The number of amides is 1. The molecule has 0 aromatic heterocycles. The fraction of sp³-hybridized carbons (Fsp3) is 0.222. The molecule has 4 heteroatoms. The molecule has 0 saturated carbocycles. The molecule has 1 aromatic rings. The summed E-state index contributed by atoms with van der Waals surface area (Å²) in [5.41, 5.74) is 0.563. The Balaban J connectivity index is 2.92. The Kier molecular flexibility index (Phi) is 2.74. The van der Waals surface area contributed by atoms with E-state index in [1.165, 1.54) is 17.0 Å². The monoisotopic (exact) mass is 181 g/mol. The third kappa shape index (κ3) is 2.11. The number of carbonyl (C=O) groups is 1. The van der Waals surface area contributed by atoms with Crippen LogP contribution in [0.15, 0.2) is 24.3 Å². The first kappa shape index (κ1) is 9.38. The van der Waals surface area contributed by atoms with E-state index in [9.17, 15) is 4.79 Å². The summed E-state index contributed by atoms with van der Waals surface area (Å²) in [6, 6.07) is 6.04. The summed E-state index contributed by atoms with van der Waals surface area (Å²) >= 11 is 0. The molecule has 0 bridgehead atoms. The van der Waals surface area contributed by atoms with Crippen LogP contribution in [0.1, 0.15) is 6.92 Å². The van der Waals surface area contributed by atoms with E-state index >= 15 is 0 Å². The Bertz CT molecular complexity index is 294. The zero-order chi connectivity index (χ0) is 9.84. The van der Waals surface area contributed by atoms with E-state index in [-0.39, 0.29) is 5.75 Å². The minimum atomic E-state index is -0.992. The lowest BCUT2D eigenvalue weighted by atomic mass is 10.3. The van der Waals surface area contributed by atoms with Gasteiger partial charge in [-0.05, 0) is 31.2 Å². The van der Waals surface area contributed by atoms with Gasteiger partial charge in [-0.2, -0.15) is 0 Å². The van der Waals surface area contributed by atoms with Crippen molar-refractivity contribution < 1.29 is 15.0 Å². The van der Waals surface area contributed by atoms with E-state index in [0.29, 0.717) is 12.2 Å². The zero-order valence-electron chi connectivity index (χ0n) is 7.27. The molecule has 0 heterocycles. The number of hydrogen-bond acceptors (Lipinski definition) is 2. The maximum atomic E-state index is 10.7. The Hall–Kier alpha value is -1.71. The number of carboxylic acid groups (broad SMARTS) is 1. The summed E-state index contributed by atoms with van der Waals surface area (Å²) in [6.07, 6.45) is -0.992. The number of anilines is 1. The fourth-order valence-corrected chi connectivity index (χ4v) is 1.06. The molecule has 0 saturated heterocycles. The molecule has 70 valence electrons. The highest BCUT2D eigenvalue weighted by Crippen LogP contribution is 2.17. The first-order valence-electron chi connectivity index (χ1n) is 3.94. The standard InChI is InChI=1S/C9H11NO3/c1-2-10(9(12)13)7-3-5-8(11)6-4-7/h3-6,11H,2H2,1H3,(H,12,13). The maximum Gasteiger partial charge on any atom is 0.411 e. The van der Waals surface area contributed by atoms with E-state index in [1.54, 1.807) is 19.1 Å². The molecule has 2 N–H and O–H groups in total. The number of phenolic OH excluding ortho intramolecular Hbond substituents is 1. The van der Waals surface area contributed by atoms with Crippen LogP contribution < -0.4 is 4.90 Å². The number of hydrogen-bond donors (Lipinski definition) is 2. The lowest BCUT2D eigenvalue weighted by molar-refractivity contribution is 0.202. The highest BCUT2D eigenvalue weighted by Gasteiger charge is 2.10. The summed E-state index contributed by atoms with van der Waals surface area (Å²) in [5, 5.41) is 17.7. The predicted molar refractivity (Wildman–Crippen MR) is 49.2 cm³/mol. The van der Waals surface area contributed by atoms with Gasteiger partial charge >= 0.3 is 6.09 Å². The van der Waals surface area contributed by atoms with Gasteiger partial charge in [-0.1, -0.05) is 0 Å². The molecule has 1 amide bonds. The molecule has 1 aromatic carbocycles. The summed E-state index contributed by atoms with van der Waals surface area (Å²) < 4.78 is 0. The molecule has 0 radical (unpaired) electrons. The van der Waals surface area contributed by atoms with Crippen molar-refractivity contribution >= 4 is 11.8 Å². The van der Waals surface area contributed by atoms with Crippen molar-refractivity contribution in [3.63, 3.8) is 0 Å². The number of nitrogens with zero attached hydrogens (tertiary/aromatic N) is 1. The molecule has 13 heavy (non-hydrogen) atoms. The SMILES string of the molecule is CCN(C(=O)O)c1ccc(O)cc1. The molecular weight excluding hydrogens is 170 g/mol. The van der Waals surface area contributed by atoms with Gasteiger partial charge < -0.3 is 10.2 Å². The zero-order valence-corrected chi connectivity index (χ0v) is 7.27. The van der Waals surface area contributed by atoms with Crippen LogP contribution >= 0.6 is 0 Å². The molecule has 0 aliphatic carbocycles. The minimum absolute atomic E-state index is 0.130. The van der Waals surface area contributed by atoms with Gasteiger partial charge in [-0.3, -0.25) is 4.90 Å². The smallest absolute Gasteiger partial charge is 0.411 e. The fourth-order valence-electron chi connectivity index (χ4n) is 1.06. The van der Waals surface area contributed by atoms with Crippen molar-refractivity contribution in [1.82, 2.24) is 0 Å². The highest BCUT2D eigenvalue weighted by atomic mass is 16.4. The van der Waals surface area contributed by atoms with E-state index in [0.717, 1.165) is 0 Å². The van der Waals surface area contributed by atoms with Crippen LogP contribution in [0.2, 0.25) is 0 Å². The van der Waals surface area contributed by atoms with Crippen molar-refractivity contribution in [1.29, 1.82) is 0 Å². The second-order valence-corrected chi connectivity index (χ2v) is 2.54. The largest absolute Gasteiger partial charge is 0.508 e. The molecule has 0 atom stereocenters. The van der Waals surface area contributed by atoms with E-state index in [1.807, 2.05) is 0 Å². The van der Waals surface area contributed by atoms with Crippen molar-refractivity contribution in [3.8, 4) is 5.75 Å². The summed E-state index contributed by atoms with van der Waals surface area (Å²) in [4.78, 5) is 11.9. The van der Waals surface area contributed by atoms with Crippen LogP contribution in [-0.2, 0) is 0 Å². The normalized spacial score (nSPS) is 9.62. The number of aromatic hydroxyl groups is 1. The first-order chi connectivity index (χ1) is 6.15.